The quantitative estimate of drug-likeness (QED) is 0.778. The van der Waals surface area contributed by atoms with Gasteiger partial charge in [0.25, 0.3) is 0 Å². The molecule has 0 unspecified atom stereocenters. The molecule has 1 N–H and O–H groups in total. The molecule has 14 heavy (non-hydrogen) atoms. The van der Waals surface area contributed by atoms with E-state index < -0.39 is 5.97 Å². The van der Waals surface area contributed by atoms with E-state index in [0.717, 1.165) is 24.4 Å². The number of carbonyl (C=O) groups is 1. The molecule has 0 aliphatic carbocycles. The van der Waals surface area contributed by atoms with Gasteiger partial charge in [-0.15, -0.1) is 0 Å². The molecular formula is C10H16N2O2. The SMILES string of the molecule is CCn1nc(C)cc1CCCC(=O)O. The van der Waals surface area contributed by atoms with Gasteiger partial charge in [-0.1, -0.05) is 0 Å². The summed E-state index contributed by atoms with van der Waals surface area (Å²) in [4.78, 5) is 10.3. The Morgan fingerprint density at radius 2 is 2.36 bits per heavy atom. The third kappa shape index (κ3) is 2.87. The molecular weight excluding hydrogens is 180 g/mol. The van der Waals surface area contributed by atoms with E-state index in [2.05, 4.69) is 5.10 Å². The minimum Gasteiger partial charge on any atom is -0.481 e. The van der Waals surface area contributed by atoms with Crippen molar-refractivity contribution in [3.8, 4) is 0 Å². The molecule has 0 aliphatic rings. The molecule has 0 atom stereocenters. The van der Waals surface area contributed by atoms with Crippen LogP contribution in [-0.2, 0) is 17.8 Å². The Kier molecular flexibility index (Phi) is 3.68. The lowest BCUT2D eigenvalue weighted by atomic mass is 10.2. The van der Waals surface area contributed by atoms with Gasteiger partial charge in [0.15, 0.2) is 0 Å². The molecule has 0 spiro atoms. The third-order valence-electron chi connectivity index (χ3n) is 2.11. The molecule has 0 radical (unpaired) electrons. The van der Waals surface area contributed by atoms with Crippen LogP contribution < -0.4 is 0 Å². The summed E-state index contributed by atoms with van der Waals surface area (Å²) < 4.78 is 1.93. The molecule has 0 aliphatic heterocycles. The lowest BCUT2D eigenvalue weighted by Gasteiger charge is -2.02. The largest absolute Gasteiger partial charge is 0.481 e. The second-order valence-electron chi connectivity index (χ2n) is 3.34. The van der Waals surface area contributed by atoms with Crippen LogP contribution >= 0.6 is 0 Å². The van der Waals surface area contributed by atoms with E-state index in [0.29, 0.717) is 6.42 Å². The van der Waals surface area contributed by atoms with Gasteiger partial charge in [-0.05, 0) is 32.8 Å². The number of nitrogens with zero attached hydrogens (tertiary/aromatic N) is 2. The molecule has 78 valence electrons. The first-order valence-electron chi connectivity index (χ1n) is 4.88. The van der Waals surface area contributed by atoms with Crippen LogP contribution in [0.1, 0.15) is 31.2 Å². The van der Waals surface area contributed by atoms with E-state index in [1.807, 2.05) is 24.6 Å². The average Bonchev–Trinajstić information content (AvgIpc) is 2.45. The molecule has 4 heteroatoms. The van der Waals surface area contributed by atoms with Crippen molar-refractivity contribution in [2.45, 2.75) is 39.7 Å². The molecule has 0 aromatic carbocycles. The maximum absolute atomic E-state index is 10.3. The number of aliphatic carboxylic acids is 1. The lowest BCUT2D eigenvalue weighted by Crippen LogP contribution is -2.04. The van der Waals surface area contributed by atoms with Gasteiger partial charge in [-0.2, -0.15) is 5.10 Å². The predicted octanol–water partition coefficient (Wildman–Crippen LogP) is 1.62. The Balaban J connectivity index is 2.52. The van der Waals surface area contributed by atoms with Crippen LogP contribution in [0.25, 0.3) is 0 Å². The Hall–Kier alpha value is -1.32. The van der Waals surface area contributed by atoms with Gasteiger partial charge in [0.1, 0.15) is 0 Å². The van der Waals surface area contributed by atoms with Crippen LogP contribution in [0.4, 0.5) is 0 Å². The fraction of sp³-hybridized carbons (Fsp3) is 0.600. The summed E-state index contributed by atoms with van der Waals surface area (Å²) >= 11 is 0. The highest BCUT2D eigenvalue weighted by Crippen LogP contribution is 2.07. The van der Waals surface area contributed by atoms with E-state index in [-0.39, 0.29) is 6.42 Å². The number of aromatic nitrogens is 2. The minimum absolute atomic E-state index is 0.230. The Morgan fingerprint density at radius 1 is 1.64 bits per heavy atom. The van der Waals surface area contributed by atoms with E-state index in [4.69, 9.17) is 5.11 Å². The molecule has 0 fully saturated rings. The van der Waals surface area contributed by atoms with E-state index in [1.165, 1.54) is 0 Å². The third-order valence-corrected chi connectivity index (χ3v) is 2.11. The molecule has 1 rings (SSSR count). The summed E-state index contributed by atoms with van der Waals surface area (Å²) in [6, 6.07) is 2.02. The summed E-state index contributed by atoms with van der Waals surface area (Å²) in [5.74, 6) is -0.732. The molecule has 1 heterocycles. The van der Waals surface area contributed by atoms with Gasteiger partial charge in [0, 0.05) is 18.7 Å². The standard InChI is InChI=1S/C10H16N2O2/c1-3-12-9(7-8(2)11-12)5-4-6-10(13)14/h7H,3-6H2,1-2H3,(H,13,14). The van der Waals surface area contributed by atoms with Crippen LogP contribution in [0.2, 0.25) is 0 Å². The molecule has 0 saturated carbocycles. The summed E-state index contributed by atoms with van der Waals surface area (Å²) in [5, 5.41) is 12.8. The Labute approximate surface area is 83.5 Å². The summed E-state index contributed by atoms with van der Waals surface area (Å²) in [5.41, 5.74) is 2.13. The molecule has 0 amide bonds. The topological polar surface area (TPSA) is 55.1 Å². The Morgan fingerprint density at radius 3 is 2.93 bits per heavy atom. The lowest BCUT2D eigenvalue weighted by molar-refractivity contribution is -0.137. The fourth-order valence-electron chi connectivity index (χ4n) is 1.49. The maximum Gasteiger partial charge on any atom is 0.303 e. The highest BCUT2D eigenvalue weighted by molar-refractivity contribution is 5.66. The second-order valence-corrected chi connectivity index (χ2v) is 3.34. The molecule has 0 saturated heterocycles. The number of aryl methyl sites for hydroxylation is 3. The highest BCUT2D eigenvalue weighted by atomic mass is 16.4. The van der Waals surface area contributed by atoms with Gasteiger partial charge < -0.3 is 5.11 Å². The molecule has 1 aromatic heterocycles. The monoisotopic (exact) mass is 196 g/mol. The Bertz CT molecular complexity index is 318. The zero-order valence-electron chi connectivity index (χ0n) is 8.66. The maximum atomic E-state index is 10.3. The fourth-order valence-corrected chi connectivity index (χ4v) is 1.49. The zero-order valence-corrected chi connectivity index (χ0v) is 8.66. The number of carboxylic acids is 1. The van der Waals surface area contributed by atoms with Gasteiger partial charge in [0.2, 0.25) is 0 Å². The van der Waals surface area contributed by atoms with Crippen molar-refractivity contribution in [1.29, 1.82) is 0 Å². The zero-order chi connectivity index (χ0) is 10.6. The average molecular weight is 196 g/mol. The first-order chi connectivity index (χ1) is 6.63. The number of rotatable bonds is 5. The first kappa shape index (κ1) is 10.8. The smallest absolute Gasteiger partial charge is 0.303 e. The van der Waals surface area contributed by atoms with E-state index >= 15 is 0 Å². The molecule has 4 nitrogen and oxygen atoms in total. The van der Waals surface area contributed by atoms with Crippen molar-refractivity contribution in [2.24, 2.45) is 0 Å². The number of carboxylic acid groups (broad SMARTS) is 1. The van der Waals surface area contributed by atoms with Crippen LogP contribution in [0.3, 0.4) is 0 Å². The van der Waals surface area contributed by atoms with E-state index in [1.54, 1.807) is 0 Å². The van der Waals surface area contributed by atoms with Crippen LogP contribution in [0.5, 0.6) is 0 Å². The van der Waals surface area contributed by atoms with Crippen molar-refractivity contribution >= 4 is 5.97 Å². The van der Waals surface area contributed by atoms with Gasteiger partial charge in [0.05, 0.1) is 5.69 Å². The summed E-state index contributed by atoms with van der Waals surface area (Å²) in [7, 11) is 0. The van der Waals surface area contributed by atoms with Crippen molar-refractivity contribution in [3.63, 3.8) is 0 Å². The van der Waals surface area contributed by atoms with E-state index in [9.17, 15) is 4.79 Å². The number of hydrogen-bond acceptors (Lipinski definition) is 2. The normalized spacial score (nSPS) is 10.4. The summed E-state index contributed by atoms with van der Waals surface area (Å²) in [6.07, 6.45) is 1.70. The predicted molar refractivity (Wildman–Crippen MR) is 53.2 cm³/mol. The van der Waals surface area contributed by atoms with Gasteiger partial charge in [-0.25, -0.2) is 0 Å². The summed E-state index contributed by atoms with van der Waals surface area (Å²) in [6.45, 7) is 4.83. The highest BCUT2D eigenvalue weighted by Gasteiger charge is 2.04. The molecule has 1 aromatic rings. The number of hydrogen-bond donors (Lipinski definition) is 1. The van der Waals surface area contributed by atoms with Crippen molar-refractivity contribution in [2.75, 3.05) is 0 Å². The first-order valence-corrected chi connectivity index (χ1v) is 4.88. The minimum atomic E-state index is -0.732. The van der Waals surface area contributed by atoms with Crippen molar-refractivity contribution < 1.29 is 9.90 Å². The van der Waals surface area contributed by atoms with Crippen molar-refractivity contribution in [1.82, 2.24) is 9.78 Å². The van der Waals surface area contributed by atoms with Crippen LogP contribution in [0.15, 0.2) is 6.07 Å². The van der Waals surface area contributed by atoms with Crippen LogP contribution in [0, 0.1) is 6.92 Å². The van der Waals surface area contributed by atoms with Crippen LogP contribution in [-0.4, -0.2) is 20.9 Å². The molecule has 0 bridgehead atoms. The van der Waals surface area contributed by atoms with Gasteiger partial charge in [-0.3, -0.25) is 9.48 Å². The van der Waals surface area contributed by atoms with Crippen molar-refractivity contribution in [3.05, 3.63) is 17.5 Å². The van der Waals surface area contributed by atoms with Gasteiger partial charge >= 0.3 is 5.97 Å². The second kappa shape index (κ2) is 4.79.